The molecule has 1 heterocycles. The molecule has 1 unspecified atom stereocenters. The van der Waals surface area contributed by atoms with Crippen molar-refractivity contribution in [2.24, 2.45) is 7.05 Å². The molecule has 2 rings (SSSR count). The van der Waals surface area contributed by atoms with Gasteiger partial charge in [-0.2, -0.15) is 5.10 Å². The molecule has 0 aliphatic carbocycles. The smallest absolute Gasteiger partial charge is 0.272 e. The Morgan fingerprint density at radius 3 is 2.74 bits per heavy atom. The molecule has 0 saturated heterocycles. The molecule has 0 saturated carbocycles. The van der Waals surface area contributed by atoms with Gasteiger partial charge in [0.2, 0.25) is 0 Å². The first kappa shape index (κ1) is 13.1. The van der Waals surface area contributed by atoms with Gasteiger partial charge in [-0.3, -0.25) is 14.8 Å². The van der Waals surface area contributed by atoms with Crippen LogP contribution in [0.5, 0.6) is 0 Å². The maximum absolute atomic E-state index is 10.8. The predicted octanol–water partition coefficient (Wildman–Crippen LogP) is 2.81. The van der Waals surface area contributed by atoms with Crippen LogP contribution in [-0.4, -0.2) is 14.7 Å². The zero-order valence-electron chi connectivity index (χ0n) is 11.1. The number of rotatable bonds is 4. The maximum Gasteiger partial charge on any atom is 0.272 e. The Morgan fingerprint density at radius 2 is 2.21 bits per heavy atom. The number of nitrogens with zero attached hydrogens (tertiary/aromatic N) is 3. The van der Waals surface area contributed by atoms with Crippen molar-refractivity contribution in [2.45, 2.75) is 19.9 Å². The van der Waals surface area contributed by atoms with Crippen molar-refractivity contribution >= 4 is 11.4 Å². The Bertz CT molecular complexity index is 606. The fourth-order valence-electron chi connectivity index (χ4n) is 1.95. The third-order valence-electron chi connectivity index (χ3n) is 3.00. The minimum Gasteiger partial charge on any atom is -0.378 e. The molecule has 2 aromatic rings. The van der Waals surface area contributed by atoms with Gasteiger partial charge in [0.15, 0.2) is 0 Å². The third-order valence-corrected chi connectivity index (χ3v) is 3.00. The lowest BCUT2D eigenvalue weighted by Gasteiger charge is -2.14. The molecule has 6 nitrogen and oxygen atoms in total. The number of hydrogen-bond donors (Lipinski definition) is 1. The van der Waals surface area contributed by atoms with Gasteiger partial charge < -0.3 is 5.32 Å². The highest BCUT2D eigenvalue weighted by atomic mass is 16.6. The lowest BCUT2D eigenvalue weighted by molar-refractivity contribution is -0.385. The molecule has 0 aliphatic rings. The number of hydrogen-bond acceptors (Lipinski definition) is 4. The summed E-state index contributed by atoms with van der Waals surface area (Å²) in [5, 5.41) is 18.2. The SMILES string of the molecule is Cc1cc(NC(C)c2cnn(C)c2)ccc1[N+](=O)[O-]. The Kier molecular flexibility index (Phi) is 3.50. The molecular formula is C13H16N4O2. The molecule has 19 heavy (non-hydrogen) atoms. The third kappa shape index (κ3) is 2.90. The second-order valence-corrected chi connectivity index (χ2v) is 4.57. The number of aryl methyl sites for hydroxylation is 2. The number of nitrogens with one attached hydrogen (secondary N) is 1. The minimum atomic E-state index is -0.371. The number of nitro groups is 1. The summed E-state index contributed by atoms with van der Waals surface area (Å²) in [6, 6.07) is 5.12. The van der Waals surface area contributed by atoms with Crippen LogP contribution in [0.4, 0.5) is 11.4 Å². The van der Waals surface area contributed by atoms with E-state index in [1.165, 1.54) is 6.07 Å². The average molecular weight is 260 g/mol. The van der Waals surface area contributed by atoms with Crippen molar-refractivity contribution in [3.05, 3.63) is 51.8 Å². The van der Waals surface area contributed by atoms with Crippen LogP contribution in [0.1, 0.15) is 24.1 Å². The molecule has 1 N–H and O–H groups in total. The zero-order valence-corrected chi connectivity index (χ0v) is 11.1. The van der Waals surface area contributed by atoms with Crippen LogP contribution in [-0.2, 0) is 7.05 Å². The molecule has 1 aromatic heterocycles. The molecule has 0 amide bonds. The lowest BCUT2D eigenvalue weighted by atomic mass is 10.1. The second kappa shape index (κ2) is 5.09. The van der Waals surface area contributed by atoms with E-state index < -0.39 is 0 Å². The fourth-order valence-corrected chi connectivity index (χ4v) is 1.95. The molecule has 0 bridgehead atoms. The lowest BCUT2D eigenvalue weighted by Crippen LogP contribution is -2.06. The highest BCUT2D eigenvalue weighted by Gasteiger charge is 2.12. The van der Waals surface area contributed by atoms with Crippen molar-refractivity contribution in [1.82, 2.24) is 9.78 Å². The summed E-state index contributed by atoms with van der Waals surface area (Å²) in [5.41, 5.74) is 2.71. The van der Waals surface area contributed by atoms with Crippen LogP contribution in [0.3, 0.4) is 0 Å². The molecule has 0 spiro atoms. The Labute approximate surface area is 111 Å². The summed E-state index contributed by atoms with van der Waals surface area (Å²) in [6.45, 7) is 3.76. The maximum atomic E-state index is 10.8. The second-order valence-electron chi connectivity index (χ2n) is 4.57. The molecule has 0 fully saturated rings. The van der Waals surface area contributed by atoms with E-state index in [1.807, 2.05) is 20.2 Å². The van der Waals surface area contributed by atoms with Crippen LogP contribution < -0.4 is 5.32 Å². The van der Waals surface area contributed by atoms with E-state index in [4.69, 9.17) is 0 Å². The van der Waals surface area contributed by atoms with Gasteiger partial charge in [-0.05, 0) is 26.0 Å². The van der Waals surface area contributed by atoms with Gasteiger partial charge in [0.1, 0.15) is 0 Å². The van der Waals surface area contributed by atoms with Crippen LogP contribution in [0.25, 0.3) is 0 Å². The Morgan fingerprint density at radius 1 is 1.47 bits per heavy atom. The first-order valence-electron chi connectivity index (χ1n) is 5.97. The number of benzene rings is 1. The van der Waals surface area contributed by atoms with Gasteiger partial charge in [-0.1, -0.05) is 0 Å². The zero-order chi connectivity index (χ0) is 14.0. The Balaban J connectivity index is 2.15. The van der Waals surface area contributed by atoms with Crippen molar-refractivity contribution in [1.29, 1.82) is 0 Å². The predicted molar refractivity (Wildman–Crippen MR) is 73.1 cm³/mol. The van der Waals surface area contributed by atoms with E-state index in [0.717, 1.165) is 11.3 Å². The van der Waals surface area contributed by atoms with Crippen molar-refractivity contribution in [3.8, 4) is 0 Å². The minimum absolute atomic E-state index is 0.0922. The van der Waals surface area contributed by atoms with Gasteiger partial charge in [0, 0.05) is 36.1 Å². The van der Waals surface area contributed by atoms with Crippen molar-refractivity contribution in [3.63, 3.8) is 0 Å². The van der Waals surface area contributed by atoms with Gasteiger partial charge in [-0.15, -0.1) is 0 Å². The van der Waals surface area contributed by atoms with Gasteiger partial charge in [0.25, 0.3) is 5.69 Å². The highest BCUT2D eigenvalue weighted by Crippen LogP contribution is 2.24. The Hall–Kier alpha value is -2.37. The molecular weight excluding hydrogens is 244 g/mol. The molecule has 0 aliphatic heterocycles. The van der Waals surface area contributed by atoms with Gasteiger partial charge in [0.05, 0.1) is 17.2 Å². The summed E-state index contributed by atoms with van der Waals surface area (Å²) < 4.78 is 1.74. The summed E-state index contributed by atoms with van der Waals surface area (Å²) in [4.78, 5) is 10.4. The highest BCUT2D eigenvalue weighted by molar-refractivity contribution is 5.54. The van der Waals surface area contributed by atoms with E-state index in [9.17, 15) is 10.1 Å². The van der Waals surface area contributed by atoms with E-state index >= 15 is 0 Å². The topological polar surface area (TPSA) is 73.0 Å². The largest absolute Gasteiger partial charge is 0.378 e. The summed E-state index contributed by atoms with van der Waals surface area (Å²) in [7, 11) is 1.87. The number of nitro benzene ring substituents is 1. The van der Waals surface area contributed by atoms with Crippen LogP contribution in [0, 0.1) is 17.0 Å². The van der Waals surface area contributed by atoms with E-state index in [1.54, 1.807) is 29.9 Å². The van der Waals surface area contributed by atoms with E-state index in [-0.39, 0.29) is 16.7 Å². The number of anilines is 1. The first-order valence-corrected chi connectivity index (χ1v) is 5.97. The van der Waals surface area contributed by atoms with Crippen molar-refractivity contribution in [2.75, 3.05) is 5.32 Å². The fraction of sp³-hybridized carbons (Fsp3) is 0.308. The summed E-state index contributed by atoms with van der Waals surface area (Å²) in [5.74, 6) is 0. The normalized spacial score (nSPS) is 12.2. The molecule has 100 valence electrons. The summed E-state index contributed by atoms with van der Waals surface area (Å²) in [6.07, 6.45) is 3.74. The average Bonchev–Trinajstić information content (AvgIpc) is 2.75. The van der Waals surface area contributed by atoms with E-state index in [2.05, 4.69) is 10.4 Å². The first-order chi connectivity index (χ1) is 8.97. The van der Waals surface area contributed by atoms with Crippen LogP contribution in [0.2, 0.25) is 0 Å². The van der Waals surface area contributed by atoms with Crippen molar-refractivity contribution < 1.29 is 4.92 Å². The molecule has 0 radical (unpaired) electrons. The van der Waals surface area contributed by atoms with Gasteiger partial charge >= 0.3 is 0 Å². The molecule has 1 aromatic carbocycles. The van der Waals surface area contributed by atoms with Crippen LogP contribution >= 0.6 is 0 Å². The number of aromatic nitrogens is 2. The monoisotopic (exact) mass is 260 g/mol. The van der Waals surface area contributed by atoms with Gasteiger partial charge in [-0.25, -0.2) is 0 Å². The summed E-state index contributed by atoms with van der Waals surface area (Å²) >= 11 is 0. The molecule has 1 atom stereocenters. The standard InChI is InChI=1S/C13H16N4O2/c1-9-6-12(4-5-13(9)17(18)19)15-10(2)11-7-14-16(3)8-11/h4-8,10,15H,1-3H3. The van der Waals surface area contributed by atoms with E-state index in [0.29, 0.717) is 5.56 Å². The van der Waals surface area contributed by atoms with Crippen LogP contribution in [0.15, 0.2) is 30.6 Å². The molecule has 6 heteroatoms. The quantitative estimate of drug-likeness (QED) is 0.677.